The highest BCUT2D eigenvalue weighted by Gasteiger charge is 2.26. The van der Waals surface area contributed by atoms with E-state index in [0.29, 0.717) is 35.2 Å². The predicted molar refractivity (Wildman–Crippen MR) is 147 cm³/mol. The Bertz CT molecular complexity index is 893. The van der Waals surface area contributed by atoms with Crippen LogP contribution in [0.3, 0.4) is 0 Å². The summed E-state index contributed by atoms with van der Waals surface area (Å²) in [5.41, 5.74) is 0.447. The van der Waals surface area contributed by atoms with E-state index in [9.17, 15) is 4.79 Å². The zero-order chi connectivity index (χ0) is 26.9. The lowest BCUT2D eigenvalue weighted by Gasteiger charge is -2.19. The minimum Gasteiger partial charge on any atom is -0.496 e. The molecule has 2 aromatic rings. The van der Waals surface area contributed by atoms with Crippen molar-refractivity contribution in [1.82, 2.24) is 20.2 Å². The summed E-state index contributed by atoms with van der Waals surface area (Å²) in [6, 6.07) is 2.83. The third-order valence-electron chi connectivity index (χ3n) is 6.60. The molecule has 37 heavy (non-hydrogen) atoms. The quantitative estimate of drug-likeness (QED) is 0.199. The Morgan fingerprint density at radius 1 is 0.838 bits per heavy atom. The molecule has 9 heteroatoms. The van der Waals surface area contributed by atoms with Gasteiger partial charge in [0.05, 0.1) is 21.3 Å². The van der Waals surface area contributed by atoms with Crippen LogP contribution in [0.2, 0.25) is 0 Å². The Hall–Kier alpha value is -2.84. The number of ether oxygens (including phenoxy) is 3. The van der Waals surface area contributed by atoms with Crippen LogP contribution in [-0.4, -0.2) is 47.4 Å². The molecule has 1 aromatic carbocycles. The van der Waals surface area contributed by atoms with Gasteiger partial charge in [0.1, 0.15) is 22.9 Å². The second kappa shape index (κ2) is 17.6. The van der Waals surface area contributed by atoms with Crippen molar-refractivity contribution in [3.8, 4) is 17.2 Å². The van der Waals surface area contributed by atoms with Crippen LogP contribution in [0.4, 0.5) is 5.69 Å². The molecule has 2 rings (SSSR count). The summed E-state index contributed by atoms with van der Waals surface area (Å²) in [6.07, 6.45) is 16.0. The molecule has 0 radical (unpaired) electrons. The van der Waals surface area contributed by atoms with E-state index in [0.717, 1.165) is 25.7 Å². The number of rotatable bonds is 20. The first-order chi connectivity index (χ1) is 18.1. The molecular formula is C28H47N5O4. The SMILES string of the molecule is CCCCCCCCCCCCc1nnn(C(CCCC)C(=O)Nc2c(OC)cc(OC)cc2OC)n1. The number of benzene rings is 1. The van der Waals surface area contributed by atoms with Crippen molar-refractivity contribution in [2.75, 3.05) is 26.6 Å². The average molecular weight is 518 g/mol. The van der Waals surface area contributed by atoms with Gasteiger partial charge in [0, 0.05) is 18.6 Å². The van der Waals surface area contributed by atoms with Gasteiger partial charge in [-0.1, -0.05) is 84.5 Å². The highest BCUT2D eigenvalue weighted by atomic mass is 16.5. The molecule has 1 N–H and O–H groups in total. The monoisotopic (exact) mass is 517 g/mol. The van der Waals surface area contributed by atoms with Gasteiger partial charge in [0.2, 0.25) is 0 Å². The van der Waals surface area contributed by atoms with Crippen molar-refractivity contribution in [3.05, 3.63) is 18.0 Å². The summed E-state index contributed by atoms with van der Waals surface area (Å²) in [5, 5.41) is 16.0. The molecule has 0 aliphatic heterocycles. The van der Waals surface area contributed by atoms with Crippen molar-refractivity contribution < 1.29 is 19.0 Å². The number of amides is 1. The van der Waals surface area contributed by atoms with E-state index >= 15 is 0 Å². The number of aromatic nitrogens is 4. The number of anilines is 1. The van der Waals surface area contributed by atoms with Crippen molar-refractivity contribution in [1.29, 1.82) is 0 Å². The first-order valence-electron chi connectivity index (χ1n) is 14.0. The molecule has 0 spiro atoms. The van der Waals surface area contributed by atoms with Gasteiger partial charge >= 0.3 is 0 Å². The Kier molecular flexibility index (Phi) is 14.4. The van der Waals surface area contributed by atoms with E-state index in [1.165, 1.54) is 76.8 Å². The zero-order valence-electron chi connectivity index (χ0n) is 23.6. The highest BCUT2D eigenvalue weighted by Crippen LogP contribution is 2.39. The minimum absolute atomic E-state index is 0.238. The number of carbonyl (C=O) groups is 1. The van der Waals surface area contributed by atoms with Crippen LogP contribution in [0.25, 0.3) is 0 Å². The number of nitrogens with one attached hydrogen (secondary N) is 1. The maximum absolute atomic E-state index is 13.4. The number of nitrogens with zero attached hydrogens (tertiary/aromatic N) is 4. The summed E-state index contributed by atoms with van der Waals surface area (Å²) in [7, 11) is 4.64. The fraction of sp³-hybridized carbons (Fsp3) is 0.714. The molecule has 0 saturated carbocycles. The van der Waals surface area contributed by atoms with Gasteiger partial charge in [-0.2, -0.15) is 4.80 Å². The molecule has 0 aliphatic rings. The summed E-state index contributed by atoms with van der Waals surface area (Å²) in [5.74, 6) is 1.93. The molecule has 0 bridgehead atoms. The van der Waals surface area contributed by atoms with E-state index in [2.05, 4.69) is 34.6 Å². The van der Waals surface area contributed by atoms with E-state index in [1.54, 1.807) is 19.2 Å². The molecule has 0 fully saturated rings. The van der Waals surface area contributed by atoms with Gasteiger partial charge in [-0.25, -0.2) is 0 Å². The molecule has 208 valence electrons. The van der Waals surface area contributed by atoms with Gasteiger partial charge in [0.15, 0.2) is 11.9 Å². The summed E-state index contributed by atoms with van der Waals surface area (Å²) >= 11 is 0. The van der Waals surface area contributed by atoms with Crippen molar-refractivity contribution in [3.63, 3.8) is 0 Å². The molecule has 9 nitrogen and oxygen atoms in total. The number of carbonyl (C=O) groups excluding carboxylic acids is 1. The summed E-state index contributed by atoms with van der Waals surface area (Å²) in [4.78, 5) is 14.8. The number of tetrazole rings is 1. The molecule has 1 unspecified atom stereocenters. The maximum Gasteiger partial charge on any atom is 0.251 e. The second-order valence-electron chi connectivity index (χ2n) is 9.51. The number of hydrogen-bond acceptors (Lipinski definition) is 7. The minimum atomic E-state index is -0.578. The standard InChI is InChI=1S/C28H47N5O4/c1-6-8-10-11-12-13-14-15-16-17-19-26-30-32-33(31-26)23(18-9-7-2)28(34)29-27-24(36-4)20-22(35-3)21-25(27)37-5/h20-21,23H,6-19H2,1-5H3,(H,29,34). The normalized spacial score (nSPS) is 11.8. The van der Waals surface area contributed by atoms with Gasteiger partial charge in [-0.3, -0.25) is 4.79 Å². The van der Waals surface area contributed by atoms with Crippen molar-refractivity contribution in [2.45, 2.75) is 110 Å². The lowest BCUT2D eigenvalue weighted by Crippen LogP contribution is -2.28. The number of hydrogen-bond donors (Lipinski definition) is 1. The van der Waals surface area contributed by atoms with Crippen LogP contribution in [0, 0.1) is 0 Å². The first-order valence-corrected chi connectivity index (χ1v) is 14.0. The molecule has 1 amide bonds. The van der Waals surface area contributed by atoms with Gasteiger partial charge in [-0.15, -0.1) is 10.2 Å². The highest BCUT2D eigenvalue weighted by molar-refractivity contribution is 5.96. The Balaban J connectivity index is 1.94. The molecule has 0 saturated heterocycles. The van der Waals surface area contributed by atoms with Gasteiger partial charge in [0.25, 0.3) is 5.91 Å². The fourth-order valence-corrected chi connectivity index (χ4v) is 4.34. The number of aryl methyl sites for hydroxylation is 1. The van der Waals surface area contributed by atoms with Crippen LogP contribution in [0.15, 0.2) is 12.1 Å². The molecule has 0 aliphatic carbocycles. The number of methoxy groups -OCH3 is 3. The fourth-order valence-electron chi connectivity index (χ4n) is 4.34. The van der Waals surface area contributed by atoms with Crippen LogP contribution in [0.1, 0.15) is 109 Å². The molecule has 1 heterocycles. The van der Waals surface area contributed by atoms with Gasteiger partial charge in [-0.05, 0) is 18.1 Å². The van der Waals surface area contributed by atoms with Crippen LogP contribution >= 0.6 is 0 Å². The van der Waals surface area contributed by atoms with E-state index in [1.807, 2.05) is 0 Å². The lowest BCUT2D eigenvalue weighted by atomic mass is 10.1. The van der Waals surface area contributed by atoms with Crippen molar-refractivity contribution >= 4 is 11.6 Å². The molecule has 1 atom stereocenters. The second-order valence-corrected chi connectivity index (χ2v) is 9.51. The van der Waals surface area contributed by atoms with Gasteiger partial charge < -0.3 is 19.5 Å². The lowest BCUT2D eigenvalue weighted by molar-refractivity contribution is -0.120. The number of unbranched alkanes of at least 4 members (excludes halogenated alkanes) is 10. The third kappa shape index (κ3) is 10.2. The predicted octanol–water partition coefficient (Wildman–Crippen LogP) is 6.53. The first kappa shape index (κ1) is 30.4. The smallest absolute Gasteiger partial charge is 0.251 e. The zero-order valence-corrected chi connectivity index (χ0v) is 23.6. The van der Waals surface area contributed by atoms with Crippen LogP contribution in [0.5, 0.6) is 17.2 Å². The topological polar surface area (TPSA) is 100 Å². The average Bonchev–Trinajstić information content (AvgIpc) is 3.38. The summed E-state index contributed by atoms with van der Waals surface area (Å²) in [6.45, 7) is 4.35. The van der Waals surface area contributed by atoms with E-state index < -0.39 is 6.04 Å². The summed E-state index contributed by atoms with van der Waals surface area (Å²) < 4.78 is 16.3. The Morgan fingerprint density at radius 2 is 1.41 bits per heavy atom. The maximum atomic E-state index is 13.4. The van der Waals surface area contributed by atoms with Crippen LogP contribution < -0.4 is 19.5 Å². The van der Waals surface area contributed by atoms with Crippen LogP contribution in [-0.2, 0) is 11.2 Å². The van der Waals surface area contributed by atoms with E-state index in [-0.39, 0.29) is 5.91 Å². The van der Waals surface area contributed by atoms with Crippen molar-refractivity contribution in [2.24, 2.45) is 0 Å². The van der Waals surface area contributed by atoms with E-state index in [4.69, 9.17) is 14.2 Å². The molecule has 1 aromatic heterocycles. The Morgan fingerprint density at radius 3 is 1.95 bits per heavy atom. The Labute approximate surface area is 222 Å². The largest absolute Gasteiger partial charge is 0.496 e. The third-order valence-corrected chi connectivity index (χ3v) is 6.60. The molecular weight excluding hydrogens is 470 g/mol.